The highest BCUT2D eigenvalue weighted by atomic mass is 35.5. The van der Waals surface area contributed by atoms with Crippen LogP contribution in [-0.4, -0.2) is 18.1 Å². The topological polar surface area (TPSA) is 38.3 Å². The first-order chi connectivity index (χ1) is 9.39. The molecule has 0 aliphatic heterocycles. The zero-order valence-electron chi connectivity index (χ0n) is 12.7. The zero-order chi connectivity index (χ0) is 15.2. The molecule has 0 aliphatic rings. The molecule has 0 aliphatic carbocycles. The molecule has 1 rings (SSSR count). The average molecular weight is 298 g/mol. The summed E-state index contributed by atoms with van der Waals surface area (Å²) >= 11 is 5.83. The van der Waals surface area contributed by atoms with Gasteiger partial charge in [0, 0.05) is 11.6 Å². The van der Waals surface area contributed by atoms with Gasteiger partial charge in [-0.05, 0) is 44.0 Å². The number of amides is 1. The fourth-order valence-electron chi connectivity index (χ4n) is 1.87. The minimum absolute atomic E-state index is 0.0978. The normalized spacial score (nSPS) is 11.5. The van der Waals surface area contributed by atoms with Crippen LogP contribution in [0.1, 0.15) is 40.5 Å². The number of rotatable bonds is 7. The Kier molecular flexibility index (Phi) is 6.34. The highest BCUT2D eigenvalue weighted by molar-refractivity contribution is 6.30. The van der Waals surface area contributed by atoms with E-state index in [-0.39, 0.29) is 5.91 Å². The maximum Gasteiger partial charge on any atom is 0.263 e. The van der Waals surface area contributed by atoms with Gasteiger partial charge >= 0.3 is 0 Å². The summed E-state index contributed by atoms with van der Waals surface area (Å²) in [5.41, 5.74) is -0.903. The summed E-state index contributed by atoms with van der Waals surface area (Å²) in [6.45, 7) is 8.50. The van der Waals surface area contributed by atoms with Crippen LogP contribution in [0.15, 0.2) is 24.3 Å². The number of nitrogens with one attached hydrogen (secondary N) is 1. The molecule has 1 amide bonds. The van der Waals surface area contributed by atoms with Crippen molar-refractivity contribution in [2.45, 2.75) is 46.1 Å². The van der Waals surface area contributed by atoms with E-state index >= 15 is 0 Å². The van der Waals surface area contributed by atoms with Crippen LogP contribution in [0.25, 0.3) is 0 Å². The molecule has 3 nitrogen and oxygen atoms in total. The van der Waals surface area contributed by atoms with Gasteiger partial charge in [-0.2, -0.15) is 0 Å². The lowest BCUT2D eigenvalue weighted by atomic mass is 10.0. The van der Waals surface area contributed by atoms with Crippen molar-refractivity contribution >= 4 is 17.5 Å². The van der Waals surface area contributed by atoms with Crippen molar-refractivity contribution in [3.8, 4) is 5.75 Å². The van der Waals surface area contributed by atoms with E-state index in [2.05, 4.69) is 19.2 Å². The summed E-state index contributed by atoms with van der Waals surface area (Å²) in [5.74, 6) is 1.06. The van der Waals surface area contributed by atoms with Crippen molar-refractivity contribution in [3.63, 3.8) is 0 Å². The van der Waals surface area contributed by atoms with Crippen LogP contribution in [0, 0.1) is 5.92 Å². The van der Waals surface area contributed by atoms with Crippen molar-refractivity contribution in [3.05, 3.63) is 29.3 Å². The second-order valence-corrected chi connectivity index (χ2v) is 5.90. The maximum atomic E-state index is 12.2. The third kappa shape index (κ3) is 5.04. The summed E-state index contributed by atoms with van der Waals surface area (Å²) in [6.07, 6.45) is 2.13. The first kappa shape index (κ1) is 16.8. The van der Waals surface area contributed by atoms with Crippen LogP contribution in [0.4, 0.5) is 0 Å². The Bertz CT molecular complexity index is 425. The van der Waals surface area contributed by atoms with E-state index in [4.69, 9.17) is 16.3 Å². The number of ether oxygens (including phenoxy) is 1. The Morgan fingerprint density at radius 3 is 2.30 bits per heavy atom. The van der Waals surface area contributed by atoms with E-state index < -0.39 is 5.60 Å². The fraction of sp³-hybridized carbons (Fsp3) is 0.562. The summed E-state index contributed by atoms with van der Waals surface area (Å²) in [5, 5.41) is 3.61. The van der Waals surface area contributed by atoms with Crippen LogP contribution in [0.5, 0.6) is 5.75 Å². The van der Waals surface area contributed by atoms with E-state index in [0.717, 1.165) is 12.8 Å². The van der Waals surface area contributed by atoms with Crippen molar-refractivity contribution in [2.75, 3.05) is 6.54 Å². The molecule has 0 unspecified atom stereocenters. The molecule has 0 atom stereocenters. The van der Waals surface area contributed by atoms with Crippen LogP contribution in [-0.2, 0) is 4.79 Å². The third-order valence-corrected chi connectivity index (χ3v) is 3.69. The lowest BCUT2D eigenvalue weighted by Gasteiger charge is -2.26. The molecule has 0 saturated heterocycles. The molecule has 20 heavy (non-hydrogen) atoms. The predicted octanol–water partition coefficient (Wildman–Crippen LogP) is 4.05. The Morgan fingerprint density at radius 2 is 1.80 bits per heavy atom. The van der Waals surface area contributed by atoms with E-state index in [1.807, 2.05) is 0 Å². The highest BCUT2D eigenvalue weighted by Gasteiger charge is 2.30. The molecule has 112 valence electrons. The van der Waals surface area contributed by atoms with Gasteiger partial charge in [0.1, 0.15) is 5.75 Å². The predicted molar refractivity (Wildman–Crippen MR) is 83.2 cm³/mol. The smallest absolute Gasteiger partial charge is 0.263 e. The summed E-state index contributed by atoms with van der Waals surface area (Å²) in [4.78, 5) is 12.2. The van der Waals surface area contributed by atoms with Gasteiger partial charge in [0.25, 0.3) is 5.91 Å². The summed E-state index contributed by atoms with van der Waals surface area (Å²) < 4.78 is 5.75. The van der Waals surface area contributed by atoms with E-state index in [1.165, 1.54) is 0 Å². The maximum absolute atomic E-state index is 12.2. The largest absolute Gasteiger partial charge is 0.478 e. The third-order valence-electron chi connectivity index (χ3n) is 3.44. The first-order valence-corrected chi connectivity index (χ1v) is 7.49. The van der Waals surface area contributed by atoms with Gasteiger partial charge in [-0.15, -0.1) is 0 Å². The van der Waals surface area contributed by atoms with Gasteiger partial charge in [-0.1, -0.05) is 38.3 Å². The molecular weight excluding hydrogens is 274 g/mol. The molecule has 0 saturated carbocycles. The number of carbonyl (C=O) groups excluding carboxylic acids is 1. The number of benzene rings is 1. The van der Waals surface area contributed by atoms with Crippen molar-refractivity contribution in [1.82, 2.24) is 5.32 Å². The molecule has 1 N–H and O–H groups in total. The zero-order valence-corrected chi connectivity index (χ0v) is 13.5. The molecule has 0 radical (unpaired) electrons. The van der Waals surface area contributed by atoms with Crippen LogP contribution < -0.4 is 10.1 Å². The van der Waals surface area contributed by atoms with Gasteiger partial charge in [0.2, 0.25) is 0 Å². The molecule has 0 aromatic heterocycles. The quantitative estimate of drug-likeness (QED) is 0.824. The molecule has 0 heterocycles. The van der Waals surface area contributed by atoms with E-state index in [1.54, 1.807) is 38.1 Å². The minimum atomic E-state index is -0.903. The fourth-order valence-corrected chi connectivity index (χ4v) is 2.00. The van der Waals surface area contributed by atoms with E-state index in [9.17, 15) is 4.79 Å². The average Bonchev–Trinajstić information content (AvgIpc) is 2.42. The number of halogens is 1. The Labute approximate surface area is 126 Å². The molecule has 0 bridgehead atoms. The molecule has 1 aromatic rings. The second-order valence-electron chi connectivity index (χ2n) is 5.46. The van der Waals surface area contributed by atoms with Gasteiger partial charge in [0.15, 0.2) is 5.60 Å². The molecule has 1 aromatic carbocycles. The lowest BCUT2D eigenvalue weighted by Crippen LogP contribution is -2.47. The molecule has 0 fully saturated rings. The van der Waals surface area contributed by atoms with Crippen molar-refractivity contribution in [2.24, 2.45) is 5.92 Å². The molecular formula is C16H24ClNO2. The number of hydrogen-bond donors (Lipinski definition) is 1. The second kappa shape index (κ2) is 7.53. The van der Waals surface area contributed by atoms with E-state index in [0.29, 0.717) is 23.2 Å². The SMILES string of the molecule is CCC(CC)CNC(=O)C(C)(C)Oc1ccc(Cl)cc1. The Balaban J connectivity index is 2.58. The molecule has 0 spiro atoms. The van der Waals surface area contributed by atoms with Crippen LogP contribution in [0.2, 0.25) is 5.02 Å². The number of carbonyl (C=O) groups is 1. The van der Waals surface area contributed by atoms with Gasteiger partial charge in [-0.3, -0.25) is 4.79 Å². The van der Waals surface area contributed by atoms with Gasteiger partial charge < -0.3 is 10.1 Å². The van der Waals surface area contributed by atoms with Gasteiger partial charge in [-0.25, -0.2) is 0 Å². The van der Waals surface area contributed by atoms with Crippen LogP contribution in [0.3, 0.4) is 0 Å². The summed E-state index contributed by atoms with van der Waals surface area (Å²) in [6, 6.07) is 7.01. The Hall–Kier alpha value is -1.22. The monoisotopic (exact) mass is 297 g/mol. The van der Waals surface area contributed by atoms with Crippen molar-refractivity contribution < 1.29 is 9.53 Å². The lowest BCUT2D eigenvalue weighted by molar-refractivity contribution is -0.134. The standard InChI is InChI=1S/C16H24ClNO2/c1-5-12(6-2)11-18-15(19)16(3,4)20-14-9-7-13(17)8-10-14/h7-10,12H,5-6,11H2,1-4H3,(H,18,19). The minimum Gasteiger partial charge on any atom is -0.478 e. The van der Waals surface area contributed by atoms with Crippen LogP contribution >= 0.6 is 11.6 Å². The van der Waals surface area contributed by atoms with Crippen molar-refractivity contribution in [1.29, 1.82) is 0 Å². The Morgan fingerprint density at radius 1 is 1.25 bits per heavy atom. The summed E-state index contributed by atoms with van der Waals surface area (Å²) in [7, 11) is 0. The molecule has 4 heteroatoms. The highest BCUT2D eigenvalue weighted by Crippen LogP contribution is 2.21. The van der Waals surface area contributed by atoms with Gasteiger partial charge in [0.05, 0.1) is 0 Å². The first-order valence-electron chi connectivity index (χ1n) is 7.12. The number of hydrogen-bond acceptors (Lipinski definition) is 2.